The zero-order chi connectivity index (χ0) is 24.2. The normalized spacial score (nSPS) is 19.4. The second kappa shape index (κ2) is 10.5. The summed E-state index contributed by atoms with van der Waals surface area (Å²) in [5, 5.41) is 12.2. The summed E-state index contributed by atoms with van der Waals surface area (Å²) in [4.78, 5) is 29.2. The molecule has 1 aliphatic rings. The number of nitrogens with one attached hydrogen (secondary N) is 1. The van der Waals surface area contributed by atoms with Crippen molar-refractivity contribution < 1.29 is 19.1 Å². The number of hydrogen-bond acceptors (Lipinski definition) is 4. The van der Waals surface area contributed by atoms with Crippen molar-refractivity contribution in [3.05, 3.63) is 53.7 Å². The summed E-state index contributed by atoms with van der Waals surface area (Å²) in [7, 11) is 0. The number of nitrogens with zero attached hydrogens (tertiary/aromatic N) is 2. The van der Waals surface area contributed by atoms with Gasteiger partial charge >= 0.3 is 5.97 Å². The molecule has 0 spiro atoms. The number of imidazole rings is 1. The van der Waals surface area contributed by atoms with Crippen LogP contribution in [0.15, 0.2) is 41.0 Å². The molecule has 3 aromatic rings. The van der Waals surface area contributed by atoms with Gasteiger partial charge in [0.25, 0.3) is 5.91 Å². The summed E-state index contributed by atoms with van der Waals surface area (Å²) in [5.41, 5.74) is 2.31. The van der Waals surface area contributed by atoms with Crippen LogP contribution in [-0.4, -0.2) is 32.6 Å². The highest BCUT2D eigenvalue weighted by molar-refractivity contribution is 5.97. The van der Waals surface area contributed by atoms with Crippen molar-refractivity contribution in [2.75, 3.05) is 0 Å². The number of carboxylic acid groups (broad SMARTS) is 1. The van der Waals surface area contributed by atoms with E-state index in [2.05, 4.69) is 16.8 Å². The Balaban J connectivity index is 1.66. The summed E-state index contributed by atoms with van der Waals surface area (Å²) in [6.07, 6.45) is 7.58. The van der Waals surface area contributed by atoms with E-state index in [0.29, 0.717) is 30.4 Å². The first-order valence-corrected chi connectivity index (χ1v) is 12.4. The van der Waals surface area contributed by atoms with E-state index in [9.17, 15) is 14.7 Å². The van der Waals surface area contributed by atoms with Gasteiger partial charge in [0.2, 0.25) is 0 Å². The minimum absolute atomic E-state index is 0.0896. The highest BCUT2D eigenvalue weighted by Gasteiger charge is 2.28. The number of fused-ring (bicyclic) bond motifs is 1. The largest absolute Gasteiger partial charge is 0.481 e. The molecule has 0 saturated heterocycles. The van der Waals surface area contributed by atoms with Gasteiger partial charge in [-0.2, -0.15) is 0 Å². The van der Waals surface area contributed by atoms with Crippen LogP contribution in [0.3, 0.4) is 0 Å². The molecule has 34 heavy (non-hydrogen) atoms. The average Bonchev–Trinajstić information content (AvgIpc) is 3.40. The molecule has 182 valence electrons. The SMILES string of the molecule is CC(C)CC(CC(=O)O)NC(=O)c1ccc2c(c1)nc(Cc1ccco1)n2[C@H]1CCCCC1C. The van der Waals surface area contributed by atoms with Gasteiger partial charge in [-0.3, -0.25) is 9.59 Å². The lowest BCUT2D eigenvalue weighted by atomic mass is 9.85. The number of carbonyl (C=O) groups excluding carboxylic acids is 1. The fourth-order valence-corrected chi connectivity index (χ4v) is 5.28. The molecule has 2 heterocycles. The Labute approximate surface area is 200 Å². The molecule has 0 bridgehead atoms. The molecule has 1 amide bonds. The van der Waals surface area contributed by atoms with Crippen LogP contribution in [-0.2, 0) is 11.2 Å². The van der Waals surface area contributed by atoms with Crippen molar-refractivity contribution in [1.29, 1.82) is 0 Å². The number of hydrogen-bond donors (Lipinski definition) is 2. The number of aromatic nitrogens is 2. The summed E-state index contributed by atoms with van der Waals surface area (Å²) in [6.45, 7) is 6.35. The molecular formula is C27H35N3O4. The number of aliphatic carboxylic acids is 1. The van der Waals surface area contributed by atoms with Crippen molar-refractivity contribution in [1.82, 2.24) is 14.9 Å². The predicted molar refractivity (Wildman–Crippen MR) is 131 cm³/mol. The fourth-order valence-electron chi connectivity index (χ4n) is 5.28. The van der Waals surface area contributed by atoms with Gasteiger partial charge in [-0.15, -0.1) is 0 Å². The zero-order valence-electron chi connectivity index (χ0n) is 20.3. The van der Waals surface area contributed by atoms with Gasteiger partial charge in [-0.1, -0.05) is 33.6 Å². The Morgan fingerprint density at radius 2 is 2.03 bits per heavy atom. The topological polar surface area (TPSA) is 97.4 Å². The number of furan rings is 1. The maximum absolute atomic E-state index is 13.0. The number of rotatable bonds is 9. The van der Waals surface area contributed by atoms with E-state index in [1.54, 1.807) is 6.26 Å². The average molecular weight is 466 g/mol. The second-order valence-electron chi connectivity index (χ2n) is 10.1. The predicted octanol–water partition coefficient (Wildman–Crippen LogP) is 5.59. The van der Waals surface area contributed by atoms with Crippen LogP contribution >= 0.6 is 0 Å². The van der Waals surface area contributed by atoms with Crippen molar-refractivity contribution in [3.8, 4) is 0 Å². The Morgan fingerprint density at radius 3 is 2.71 bits per heavy atom. The lowest BCUT2D eigenvalue weighted by Gasteiger charge is -2.31. The fraction of sp³-hybridized carbons (Fsp3) is 0.519. The first-order valence-electron chi connectivity index (χ1n) is 12.4. The molecule has 4 rings (SSSR count). The lowest BCUT2D eigenvalue weighted by molar-refractivity contribution is -0.137. The smallest absolute Gasteiger partial charge is 0.305 e. The molecule has 2 unspecified atom stereocenters. The molecule has 0 aliphatic heterocycles. The highest BCUT2D eigenvalue weighted by atomic mass is 16.4. The number of amides is 1. The van der Waals surface area contributed by atoms with E-state index in [0.717, 1.165) is 29.0 Å². The molecule has 2 aromatic heterocycles. The maximum Gasteiger partial charge on any atom is 0.305 e. The molecular weight excluding hydrogens is 430 g/mol. The third kappa shape index (κ3) is 5.51. The van der Waals surface area contributed by atoms with Crippen molar-refractivity contribution in [2.45, 2.75) is 77.8 Å². The summed E-state index contributed by atoms with van der Waals surface area (Å²) in [6, 6.07) is 9.45. The van der Waals surface area contributed by atoms with Gasteiger partial charge < -0.3 is 19.4 Å². The van der Waals surface area contributed by atoms with Crippen LogP contribution in [0, 0.1) is 11.8 Å². The van der Waals surface area contributed by atoms with E-state index < -0.39 is 12.0 Å². The maximum atomic E-state index is 13.0. The van der Waals surface area contributed by atoms with Crippen molar-refractivity contribution in [3.63, 3.8) is 0 Å². The molecule has 3 atom stereocenters. The number of benzene rings is 1. The number of carboxylic acids is 1. The van der Waals surface area contributed by atoms with E-state index >= 15 is 0 Å². The Hall–Kier alpha value is -3.09. The first kappa shape index (κ1) is 24.0. The summed E-state index contributed by atoms with van der Waals surface area (Å²) in [5.74, 6) is 1.47. The number of carbonyl (C=O) groups is 2. The first-order chi connectivity index (χ1) is 16.3. The van der Waals surface area contributed by atoms with Crippen LogP contribution in [0.1, 0.15) is 87.3 Å². The Morgan fingerprint density at radius 1 is 1.24 bits per heavy atom. The third-order valence-corrected chi connectivity index (χ3v) is 6.85. The van der Waals surface area contributed by atoms with Gasteiger partial charge in [0.15, 0.2) is 0 Å². The standard InChI is InChI=1S/C27H35N3O4/c1-17(2)13-20(15-26(31)32)28-27(33)19-10-11-24-22(14-19)29-25(16-21-8-6-12-34-21)30(24)23-9-5-4-7-18(23)3/h6,8,10-12,14,17-18,20,23H,4-5,7,9,13,15-16H2,1-3H3,(H,28,33)(H,31,32)/t18?,20?,23-/m0/s1. The molecule has 2 N–H and O–H groups in total. The molecule has 7 heteroatoms. The van der Waals surface area contributed by atoms with Gasteiger partial charge in [0.1, 0.15) is 11.6 Å². The second-order valence-corrected chi connectivity index (χ2v) is 10.1. The molecule has 0 radical (unpaired) electrons. The van der Waals surface area contributed by atoms with Crippen molar-refractivity contribution >= 4 is 22.9 Å². The zero-order valence-corrected chi connectivity index (χ0v) is 20.3. The van der Waals surface area contributed by atoms with Gasteiger partial charge in [0.05, 0.1) is 30.1 Å². The van der Waals surface area contributed by atoms with Gasteiger partial charge in [-0.05, 0) is 61.4 Å². The Bertz CT molecular complexity index is 1130. The molecule has 1 aromatic carbocycles. The van der Waals surface area contributed by atoms with Crippen LogP contribution < -0.4 is 5.32 Å². The molecule has 1 aliphatic carbocycles. The summed E-state index contributed by atoms with van der Waals surface area (Å²) >= 11 is 0. The monoisotopic (exact) mass is 465 g/mol. The Kier molecular flexibility index (Phi) is 7.39. The van der Waals surface area contributed by atoms with Crippen molar-refractivity contribution in [2.24, 2.45) is 11.8 Å². The van der Waals surface area contributed by atoms with E-state index in [1.165, 1.54) is 19.3 Å². The molecule has 7 nitrogen and oxygen atoms in total. The molecule has 1 fully saturated rings. The van der Waals surface area contributed by atoms with Gasteiger partial charge in [-0.25, -0.2) is 4.98 Å². The minimum atomic E-state index is -0.913. The minimum Gasteiger partial charge on any atom is -0.481 e. The van der Waals surface area contributed by atoms with Crippen LogP contribution in [0.4, 0.5) is 0 Å². The quantitative estimate of drug-likeness (QED) is 0.429. The van der Waals surface area contributed by atoms with Crippen LogP contribution in [0.2, 0.25) is 0 Å². The van der Waals surface area contributed by atoms with E-state index in [4.69, 9.17) is 9.40 Å². The molecule has 1 saturated carbocycles. The third-order valence-electron chi connectivity index (χ3n) is 6.85. The van der Waals surface area contributed by atoms with Crippen LogP contribution in [0.25, 0.3) is 11.0 Å². The van der Waals surface area contributed by atoms with E-state index in [-0.39, 0.29) is 18.2 Å². The van der Waals surface area contributed by atoms with E-state index in [1.807, 2.05) is 44.2 Å². The summed E-state index contributed by atoms with van der Waals surface area (Å²) < 4.78 is 7.96. The lowest BCUT2D eigenvalue weighted by Crippen LogP contribution is -2.37. The highest BCUT2D eigenvalue weighted by Crippen LogP contribution is 2.37. The van der Waals surface area contributed by atoms with Crippen LogP contribution in [0.5, 0.6) is 0 Å². The van der Waals surface area contributed by atoms with Gasteiger partial charge in [0, 0.05) is 17.6 Å².